The predicted octanol–water partition coefficient (Wildman–Crippen LogP) is 2.20. The summed E-state index contributed by atoms with van der Waals surface area (Å²) in [5, 5.41) is 3.04. The number of amides is 1. The van der Waals surface area contributed by atoms with Gasteiger partial charge in [-0.25, -0.2) is 0 Å². The molecule has 5 heteroatoms. The molecule has 2 aromatic carbocycles. The van der Waals surface area contributed by atoms with Gasteiger partial charge in [0, 0.05) is 30.5 Å². The van der Waals surface area contributed by atoms with E-state index in [0.29, 0.717) is 30.2 Å². The Labute approximate surface area is 161 Å². The number of benzene rings is 2. The molecule has 0 atom stereocenters. The molecule has 27 heavy (non-hydrogen) atoms. The number of carbonyl (C=O) groups is 1. The summed E-state index contributed by atoms with van der Waals surface area (Å²) in [4.78, 5) is 14.2. The lowest BCUT2D eigenvalue weighted by molar-refractivity contribution is -0.901. The molecule has 0 saturated carbocycles. The number of methoxy groups -OCH3 is 1. The number of quaternary nitrogens is 1. The van der Waals surface area contributed by atoms with Crippen LogP contribution in [-0.2, 0) is 13.1 Å². The molecule has 5 nitrogen and oxygen atoms in total. The fraction of sp³-hybridized carbons (Fsp3) is 0.409. The van der Waals surface area contributed by atoms with Crippen molar-refractivity contribution in [2.45, 2.75) is 32.9 Å². The van der Waals surface area contributed by atoms with Crippen molar-refractivity contribution < 1.29 is 19.2 Å². The fourth-order valence-electron chi connectivity index (χ4n) is 3.58. The highest BCUT2D eigenvalue weighted by atomic mass is 16.5. The summed E-state index contributed by atoms with van der Waals surface area (Å²) in [6.45, 7) is 6.51. The van der Waals surface area contributed by atoms with E-state index in [9.17, 15) is 4.79 Å². The highest BCUT2D eigenvalue weighted by molar-refractivity contribution is 5.94. The quantitative estimate of drug-likeness (QED) is 0.750. The van der Waals surface area contributed by atoms with Crippen molar-refractivity contribution in [2.24, 2.45) is 0 Å². The lowest BCUT2D eigenvalue weighted by Crippen LogP contribution is -3.08. The molecule has 0 aromatic heterocycles. The molecule has 0 radical (unpaired) electrons. The number of likely N-dealkylation sites (tertiary alicyclic amines) is 1. The Morgan fingerprint density at radius 3 is 2.52 bits per heavy atom. The van der Waals surface area contributed by atoms with E-state index in [1.807, 2.05) is 13.0 Å². The lowest BCUT2D eigenvalue weighted by atomic mass is 10.1. The smallest absolute Gasteiger partial charge is 0.251 e. The maximum atomic E-state index is 12.6. The SMILES string of the molecule is CCOc1ccc(C(=O)NCc2ccccc2C[NH+]2CCCC2)cc1OC. The van der Waals surface area contributed by atoms with Crippen LogP contribution in [0.1, 0.15) is 41.3 Å². The van der Waals surface area contributed by atoms with Gasteiger partial charge in [0.2, 0.25) is 0 Å². The van der Waals surface area contributed by atoms with Crippen LogP contribution in [0, 0.1) is 0 Å². The average molecular weight is 369 g/mol. The molecule has 1 amide bonds. The average Bonchev–Trinajstić information content (AvgIpc) is 3.20. The molecule has 0 aliphatic carbocycles. The van der Waals surface area contributed by atoms with Crippen LogP contribution < -0.4 is 19.7 Å². The first-order valence-corrected chi connectivity index (χ1v) is 9.70. The van der Waals surface area contributed by atoms with Crippen LogP contribution in [0.4, 0.5) is 0 Å². The molecule has 3 rings (SSSR count). The molecule has 144 valence electrons. The van der Waals surface area contributed by atoms with Gasteiger partial charge < -0.3 is 19.7 Å². The van der Waals surface area contributed by atoms with Crippen molar-refractivity contribution >= 4 is 5.91 Å². The maximum absolute atomic E-state index is 12.6. The molecule has 1 saturated heterocycles. The van der Waals surface area contributed by atoms with Crippen molar-refractivity contribution in [1.82, 2.24) is 5.32 Å². The van der Waals surface area contributed by atoms with Gasteiger partial charge >= 0.3 is 0 Å². The van der Waals surface area contributed by atoms with E-state index in [-0.39, 0.29) is 5.91 Å². The van der Waals surface area contributed by atoms with E-state index < -0.39 is 0 Å². The summed E-state index contributed by atoms with van der Waals surface area (Å²) >= 11 is 0. The number of ether oxygens (including phenoxy) is 2. The van der Waals surface area contributed by atoms with Crippen molar-refractivity contribution in [2.75, 3.05) is 26.8 Å². The van der Waals surface area contributed by atoms with Crippen LogP contribution >= 0.6 is 0 Å². The highest BCUT2D eigenvalue weighted by Gasteiger charge is 2.17. The van der Waals surface area contributed by atoms with Crippen molar-refractivity contribution in [3.05, 3.63) is 59.2 Å². The van der Waals surface area contributed by atoms with Gasteiger partial charge in [0.25, 0.3) is 5.91 Å². The summed E-state index contributed by atoms with van der Waals surface area (Å²) in [6, 6.07) is 13.7. The Kier molecular flexibility index (Phi) is 6.71. The monoisotopic (exact) mass is 369 g/mol. The van der Waals surface area contributed by atoms with E-state index in [1.165, 1.54) is 37.1 Å². The number of hydrogen-bond donors (Lipinski definition) is 2. The topological polar surface area (TPSA) is 52.0 Å². The Morgan fingerprint density at radius 1 is 1.07 bits per heavy atom. The zero-order valence-electron chi connectivity index (χ0n) is 16.2. The van der Waals surface area contributed by atoms with Crippen molar-refractivity contribution in [1.29, 1.82) is 0 Å². The third kappa shape index (κ3) is 5.01. The summed E-state index contributed by atoms with van der Waals surface area (Å²) in [5.41, 5.74) is 3.07. The Balaban J connectivity index is 1.65. The van der Waals surface area contributed by atoms with Crippen LogP contribution in [0.2, 0.25) is 0 Å². The highest BCUT2D eigenvalue weighted by Crippen LogP contribution is 2.28. The minimum absolute atomic E-state index is 0.111. The minimum Gasteiger partial charge on any atom is -0.493 e. The third-order valence-corrected chi connectivity index (χ3v) is 5.03. The molecule has 2 aromatic rings. The molecule has 2 N–H and O–H groups in total. The number of rotatable bonds is 8. The zero-order valence-corrected chi connectivity index (χ0v) is 16.2. The van der Waals surface area contributed by atoms with E-state index in [1.54, 1.807) is 30.2 Å². The zero-order chi connectivity index (χ0) is 19.1. The molecule has 1 fully saturated rings. The van der Waals surface area contributed by atoms with Gasteiger partial charge in [-0.05, 0) is 30.7 Å². The van der Waals surface area contributed by atoms with Gasteiger partial charge in [0.15, 0.2) is 11.5 Å². The number of carbonyl (C=O) groups excluding carboxylic acids is 1. The normalized spacial score (nSPS) is 14.1. The lowest BCUT2D eigenvalue weighted by Gasteiger charge is -2.16. The number of hydrogen-bond acceptors (Lipinski definition) is 3. The van der Waals surface area contributed by atoms with Gasteiger partial charge in [-0.2, -0.15) is 0 Å². The van der Waals surface area contributed by atoms with Gasteiger partial charge in [-0.1, -0.05) is 24.3 Å². The van der Waals surface area contributed by atoms with Gasteiger partial charge in [0.05, 0.1) is 26.8 Å². The van der Waals surface area contributed by atoms with Crippen LogP contribution in [0.3, 0.4) is 0 Å². The summed E-state index contributed by atoms with van der Waals surface area (Å²) in [5.74, 6) is 1.11. The molecule has 0 unspecified atom stereocenters. The van der Waals surface area contributed by atoms with Crippen molar-refractivity contribution in [3.8, 4) is 11.5 Å². The second kappa shape index (κ2) is 9.42. The van der Waals surface area contributed by atoms with Gasteiger partial charge in [-0.15, -0.1) is 0 Å². The largest absolute Gasteiger partial charge is 0.493 e. The Hall–Kier alpha value is -2.53. The summed E-state index contributed by atoms with van der Waals surface area (Å²) < 4.78 is 10.8. The number of nitrogens with one attached hydrogen (secondary N) is 2. The predicted molar refractivity (Wildman–Crippen MR) is 105 cm³/mol. The minimum atomic E-state index is -0.111. The van der Waals surface area contributed by atoms with Gasteiger partial charge in [0.1, 0.15) is 6.54 Å². The molecule has 1 aliphatic rings. The Bertz CT molecular complexity index is 770. The molecule has 0 spiro atoms. The van der Waals surface area contributed by atoms with E-state index in [0.717, 1.165) is 6.54 Å². The molecule has 0 bridgehead atoms. The van der Waals surface area contributed by atoms with Crippen LogP contribution in [0.15, 0.2) is 42.5 Å². The maximum Gasteiger partial charge on any atom is 0.251 e. The summed E-state index contributed by atoms with van der Waals surface area (Å²) in [7, 11) is 1.58. The fourth-order valence-corrected chi connectivity index (χ4v) is 3.58. The van der Waals surface area contributed by atoms with Crippen molar-refractivity contribution in [3.63, 3.8) is 0 Å². The molecular formula is C22H29N2O3+. The van der Waals surface area contributed by atoms with Crippen LogP contribution in [-0.4, -0.2) is 32.7 Å². The molecule has 1 aliphatic heterocycles. The second-order valence-corrected chi connectivity index (χ2v) is 6.88. The second-order valence-electron chi connectivity index (χ2n) is 6.88. The molecule has 1 heterocycles. The van der Waals surface area contributed by atoms with Crippen LogP contribution in [0.25, 0.3) is 0 Å². The third-order valence-electron chi connectivity index (χ3n) is 5.03. The Morgan fingerprint density at radius 2 is 1.81 bits per heavy atom. The van der Waals surface area contributed by atoms with E-state index in [2.05, 4.69) is 23.5 Å². The first-order valence-electron chi connectivity index (χ1n) is 9.70. The van der Waals surface area contributed by atoms with E-state index >= 15 is 0 Å². The summed E-state index contributed by atoms with van der Waals surface area (Å²) in [6.07, 6.45) is 2.63. The standard InChI is InChI=1S/C22H28N2O3/c1-3-27-20-11-10-17(14-21(20)26-2)22(25)23-15-18-8-4-5-9-19(18)16-24-12-6-7-13-24/h4-5,8-11,14H,3,6-7,12-13,15-16H2,1-2H3,(H,23,25)/p+1. The first-order chi connectivity index (χ1) is 13.2. The van der Waals surface area contributed by atoms with Gasteiger partial charge in [-0.3, -0.25) is 4.79 Å². The van der Waals surface area contributed by atoms with E-state index in [4.69, 9.17) is 9.47 Å². The molecular weight excluding hydrogens is 340 g/mol. The first kappa shape index (κ1) is 19.2. The van der Waals surface area contributed by atoms with Crippen LogP contribution in [0.5, 0.6) is 11.5 Å².